The number of ether oxygens (including phenoxy) is 3. The van der Waals surface area contributed by atoms with Gasteiger partial charge in [-0.3, -0.25) is 0 Å². The van der Waals surface area contributed by atoms with Crippen LogP contribution in [0.4, 0.5) is 5.69 Å². The Labute approximate surface area is 142 Å². The molecule has 0 aliphatic rings. The van der Waals surface area contributed by atoms with Gasteiger partial charge in [0.2, 0.25) is 0 Å². The Balaban J connectivity index is 2.12. The summed E-state index contributed by atoms with van der Waals surface area (Å²) in [5.74, 6) is 2.11. The molecule has 2 aromatic carbocycles. The molecule has 0 aliphatic heterocycles. The van der Waals surface area contributed by atoms with Crippen LogP contribution in [0.25, 0.3) is 0 Å². The van der Waals surface area contributed by atoms with Gasteiger partial charge in [-0.1, -0.05) is 11.6 Å². The van der Waals surface area contributed by atoms with E-state index in [9.17, 15) is 0 Å². The van der Waals surface area contributed by atoms with Gasteiger partial charge in [-0.15, -0.1) is 0 Å². The number of nitrogens with one attached hydrogen (secondary N) is 1. The van der Waals surface area contributed by atoms with Crippen molar-refractivity contribution in [3.63, 3.8) is 0 Å². The third-order valence-electron chi connectivity index (χ3n) is 3.24. The van der Waals surface area contributed by atoms with E-state index in [1.165, 1.54) is 0 Å². The Hall–Kier alpha value is -2.07. The number of methoxy groups -OCH3 is 1. The molecule has 0 bridgehead atoms. The van der Waals surface area contributed by atoms with Gasteiger partial charge < -0.3 is 19.5 Å². The second-order valence-corrected chi connectivity index (χ2v) is 5.26. The second kappa shape index (κ2) is 8.53. The molecule has 0 aliphatic carbocycles. The van der Waals surface area contributed by atoms with Crippen molar-refractivity contribution < 1.29 is 14.2 Å². The number of halogens is 1. The lowest BCUT2D eigenvalue weighted by atomic mass is 10.2. The highest BCUT2D eigenvalue weighted by molar-refractivity contribution is 6.32. The van der Waals surface area contributed by atoms with Gasteiger partial charge >= 0.3 is 0 Å². The first-order valence-corrected chi connectivity index (χ1v) is 8.01. The molecular formula is C18H22ClNO3. The normalized spacial score (nSPS) is 10.3. The maximum atomic E-state index is 6.32. The first-order valence-electron chi connectivity index (χ1n) is 7.63. The average molecular weight is 336 g/mol. The molecule has 0 spiro atoms. The van der Waals surface area contributed by atoms with E-state index in [1.807, 2.05) is 50.2 Å². The van der Waals surface area contributed by atoms with Crippen LogP contribution in [0.1, 0.15) is 19.4 Å². The Bertz CT molecular complexity index is 629. The van der Waals surface area contributed by atoms with Gasteiger partial charge in [-0.25, -0.2) is 0 Å². The van der Waals surface area contributed by atoms with Gasteiger partial charge in [-0.05, 0) is 55.8 Å². The van der Waals surface area contributed by atoms with E-state index >= 15 is 0 Å². The molecule has 0 aromatic heterocycles. The average Bonchev–Trinajstić information content (AvgIpc) is 2.57. The number of benzene rings is 2. The highest BCUT2D eigenvalue weighted by atomic mass is 35.5. The Kier molecular flexibility index (Phi) is 6.41. The van der Waals surface area contributed by atoms with Crippen LogP contribution >= 0.6 is 11.6 Å². The van der Waals surface area contributed by atoms with E-state index in [2.05, 4.69) is 5.32 Å². The molecule has 0 atom stereocenters. The number of hydrogen-bond donors (Lipinski definition) is 1. The summed E-state index contributed by atoms with van der Waals surface area (Å²) < 4.78 is 16.4. The summed E-state index contributed by atoms with van der Waals surface area (Å²) in [7, 11) is 1.65. The van der Waals surface area contributed by atoms with E-state index in [4.69, 9.17) is 25.8 Å². The van der Waals surface area contributed by atoms with Crippen LogP contribution < -0.4 is 19.5 Å². The quantitative estimate of drug-likeness (QED) is 0.755. The first-order chi connectivity index (χ1) is 11.2. The summed E-state index contributed by atoms with van der Waals surface area (Å²) >= 11 is 6.32. The number of hydrogen-bond acceptors (Lipinski definition) is 4. The smallest absolute Gasteiger partial charge is 0.179 e. The minimum atomic E-state index is 0.545. The van der Waals surface area contributed by atoms with Crippen molar-refractivity contribution in [3.8, 4) is 17.2 Å². The fourth-order valence-corrected chi connectivity index (χ4v) is 2.47. The van der Waals surface area contributed by atoms with E-state index in [0.29, 0.717) is 36.3 Å². The summed E-state index contributed by atoms with van der Waals surface area (Å²) in [5.41, 5.74) is 2.03. The fraction of sp³-hybridized carbons (Fsp3) is 0.333. The van der Waals surface area contributed by atoms with E-state index in [1.54, 1.807) is 7.11 Å². The molecule has 2 rings (SSSR count). The lowest BCUT2D eigenvalue weighted by Crippen LogP contribution is -2.03. The van der Waals surface area contributed by atoms with Crippen molar-refractivity contribution >= 4 is 17.3 Å². The molecule has 0 saturated heterocycles. The summed E-state index contributed by atoms with van der Waals surface area (Å²) in [6, 6.07) is 11.6. The Morgan fingerprint density at radius 2 is 1.70 bits per heavy atom. The van der Waals surface area contributed by atoms with Crippen LogP contribution in [0.15, 0.2) is 36.4 Å². The zero-order valence-electron chi connectivity index (χ0n) is 13.7. The van der Waals surface area contributed by atoms with Crippen molar-refractivity contribution in [2.75, 3.05) is 25.6 Å². The molecular weight excluding hydrogens is 314 g/mol. The van der Waals surface area contributed by atoms with E-state index in [0.717, 1.165) is 17.0 Å². The number of anilines is 1. The standard InChI is InChI=1S/C18H22ClNO3/c1-4-22-17-11-13(10-16(19)18(17)23-5-2)12-20-14-6-8-15(21-3)9-7-14/h6-11,20H,4-5,12H2,1-3H3. The molecule has 0 saturated carbocycles. The van der Waals surface area contributed by atoms with Crippen LogP contribution in [0.2, 0.25) is 5.02 Å². The monoisotopic (exact) mass is 335 g/mol. The predicted molar refractivity (Wildman–Crippen MR) is 94.1 cm³/mol. The molecule has 2 aromatic rings. The summed E-state index contributed by atoms with van der Waals surface area (Å²) in [6.45, 7) is 5.60. The van der Waals surface area contributed by atoms with Crippen molar-refractivity contribution in [2.24, 2.45) is 0 Å². The van der Waals surface area contributed by atoms with Crippen LogP contribution in [-0.4, -0.2) is 20.3 Å². The molecule has 0 amide bonds. The van der Waals surface area contributed by atoms with E-state index in [-0.39, 0.29) is 0 Å². The number of rotatable bonds is 8. The lowest BCUT2D eigenvalue weighted by Gasteiger charge is -2.15. The van der Waals surface area contributed by atoms with Crippen LogP contribution in [0.5, 0.6) is 17.2 Å². The molecule has 0 unspecified atom stereocenters. The van der Waals surface area contributed by atoms with Gasteiger partial charge in [-0.2, -0.15) is 0 Å². The molecule has 1 N–H and O–H groups in total. The fourth-order valence-electron chi connectivity index (χ4n) is 2.18. The first kappa shape index (κ1) is 17.3. The SMILES string of the molecule is CCOc1cc(CNc2ccc(OC)cc2)cc(Cl)c1OCC. The Morgan fingerprint density at radius 1 is 1.00 bits per heavy atom. The topological polar surface area (TPSA) is 39.7 Å². The molecule has 0 heterocycles. The largest absolute Gasteiger partial charge is 0.497 e. The zero-order chi connectivity index (χ0) is 16.7. The molecule has 0 radical (unpaired) electrons. The minimum absolute atomic E-state index is 0.545. The molecule has 4 nitrogen and oxygen atoms in total. The van der Waals surface area contributed by atoms with Gasteiger partial charge in [0.1, 0.15) is 5.75 Å². The zero-order valence-corrected chi connectivity index (χ0v) is 14.4. The highest BCUT2D eigenvalue weighted by Gasteiger charge is 2.12. The third-order valence-corrected chi connectivity index (χ3v) is 3.53. The lowest BCUT2D eigenvalue weighted by molar-refractivity contribution is 0.287. The van der Waals surface area contributed by atoms with Crippen molar-refractivity contribution in [2.45, 2.75) is 20.4 Å². The van der Waals surface area contributed by atoms with Crippen LogP contribution in [0.3, 0.4) is 0 Å². The van der Waals surface area contributed by atoms with Crippen LogP contribution in [0, 0.1) is 0 Å². The molecule has 5 heteroatoms. The van der Waals surface area contributed by atoms with Crippen molar-refractivity contribution in [1.82, 2.24) is 0 Å². The van der Waals surface area contributed by atoms with Crippen molar-refractivity contribution in [1.29, 1.82) is 0 Å². The van der Waals surface area contributed by atoms with Gasteiger partial charge in [0, 0.05) is 12.2 Å². The third kappa shape index (κ3) is 4.70. The maximum absolute atomic E-state index is 6.32. The second-order valence-electron chi connectivity index (χ2n) is 4.85. The van der Waals surface area contributed by atoms with E-state index < -0.39 is 0 Å². The van der Waals surface area contributed by atoms with Crippen LogP contribution in [-0.2, 0) is 6.54 Å². The van der Waals surface area contributed by atoms with Gasteiger partial charge in [0.25, 0.3) is 0 Å². The Morgan fingerprint density at radius 3 is 2.30 bits per heavy atom. The minimum Gasteiger partial charge on any atom is -0.497 e. The summed E-state index contributed by atoms with van der Waals surface area (Å²) in [5, 5.41) is 3.91. The predicted octanol–water partition coefficient (Wildman–Crippen LogP) is 4.76. The molecule has 0 fully saturated rings. The summed E-state index contributed by atoms with van der Waals surface area (Å²) in [4.78, 5) is 0. The molecule has 23 heavy (non-hydrogen) atoms. The maximum Gasteiger partial charge on any atom is 0.179 e. The molecule has 124 valence electrons. The van der Waals surface area contributed by atoms with Crippen molar-refractivity contribution in [3.05, 3.63) is 47.0 Å². The summed E-state index contributed by atoms with van der Waals surface area (Å²) in [6.07, 6.45) is 0. The van der Waals surface area contributed by atoms with Gasteiger partial charge in [0.05, 0.1) is 25.3 Å². The van der Waals surface area contributed by atoms with Gasteiger partial charge in [0.15, 0.2) is 11.5 Å². The highest BCUT2D eigenvalue weighted by Crippen LogP contribution is 2.36.